The van der Waals surface area contributed by atoms with Crippen LogP contribution in [0, 0.1) is 5.92 Å². The minimum atomic E-state index is -1.03. The first kappa shape index (κ1) is 21.0. The molecule has 8 heteroatoms. The van der Waals surface area contributed by atoms with Gasteiger partial charge in [-0.3, -0.25) is 9.59 Å². The zero-order chi connectivity index (χ0) is 20.0. The number of carbonyl (C=O) groups is 2. The van der Waals surface area contributed by atoms with Crippen LogP contribution in [0.4, 0.5) is 0 Å². The van der Waals surface area contributed by atoms with Crippen LogP contribution in [0.25, 0.3) is 0 Å². The second-order valence-corrected chi connectivity index (χ2v) is 6.86. The van der Waals surface area contributed by atoms with E-state index in [9.17, 15) is 14.7 Å². The zero-order valence-corrected chi connectivity index (χ0v) is 16.2. The molecule has 1 saturated heterocycles. The number of aliphatic hydroxyl groups excluding tert-OH is 1. The van der Waals surface area contributed by atoms with E-state index in [1.54, 1.807) is 18.2 Å². The molecule has 0 bridgehead atoms. The average Bonchev–Trinajstić information content (AvgIpc) is 3.04. The van der Waals surface area contributed by atoms with E-state index in [0.29, 0.717) is 30.9 Å². The van der Waals surface area contributed by atoms with Crippen LogP contribution in [0.3, 0.4) is 0 Å². The van der Waals surface area contributed by atoms with Gasteiger partial charge in [0.1, 0.15) is 23.1 Å². The maximum Gasteiger partial charge on any atom is 0.259 e. The van der Waals surface area contributed by atoms with Crippen molar-refractivity contribution in [2.45, 2.75) is 45.1 Å². The summed E-state index contributed by atoms with van der Waals surface area (Å²) >= 11 is 0. The fourth-order valence-corrected chi connectivity index (χ4v) is 3.01. The molecule has 150 valence electrons. The van der Waals surface area contributed by atoms with Crippen LogP contribution in [-0.4, -0.2) is 56.1 Å². The second-order valence-electron chi connectivity index (χ2n) is 6.86. The Morgan fingerprint density at radius 1 is 1.26 bits per heavy atom. The van der Waals surface area contributed by atoms with Crippen molar-refractivity contribution in [1.82, 2.24) is 10.6 Å². The lowest BCUT2D eigenvalue weighted by molar-refractivity contribution is -0.127. The number of amides is 2. The highest BCUT2D eigenvalue weighted by molar-refractivity contribution is 6.02. The number of hydrogen-bond acceptors (Lipinski definition) is 6. The number of rotatable bonds is 8. The van der Waals surface area contributed by atoms with Gasteiger partial charge in [-0.15, -0.1) is 0 Å². The Morgan fingerprint density at radius 2 is 1.89 bits per heavy atom. The van der Waals surface area contributed by atoms with Gasteiger partial charge in [0.25, 0.3) is 5.91 Å². The van der Waals surface area contributed by atoms with E-state index >= 15 is 0 Å². The van der Waals surface area contributed by atoms with Gasteiger partial charge in [0.15, 0.2) is 6.29 Å². The topological polar surface area (TPSA) is 106 Å². The molecule has 0 saturated carbocycles. The predicted molar refractivity (Wildman–Crippen MR) is 98.8 cm³/mol. The van der Waals surface area contributed by atoms with Gasteiger partial charge in [-0.05, 0) is 30.9 Å². The molecule has 0 spiro atoms. The Hall–Kier alpha value is -2.32. The molecule has 1 aromatic rings. The number of ether oxygens (including phenoxy) is 3. The molecule has 1 aromatic carbocycles. The molecular formula is C19H28N2O6. The third-order valence-corrected chi connectivity index (χ3v) is 4.37. The Labute approximate surface area is 159 Å². The van der Waals surface area contributed by atoms with Gasteiger partial charge in [0.05, 0.1) is 26.9 Å². The van der Waals surface area contributed by atoms with Gasteiger partial charge in [-0.1, -0.05) is 19.9 Å². The fourth-order valence-electron chi connectivity index (χ4n) is 3.01. The van der Waals surface area contributed by atoms with Crippen LogP contribution in [0.2, 0.25) is 0 Å². The maximum atomic E-state index is 12.9. The number of nitrogens with one attached hydrogen (secondary N) is 2. The molecule has 3 N–H and O–H groups in total. The average molecular weight is 380 g/mol. The summed E-state index contributed by atoms with van der Waals surface area (Å²) in [4.78, 5) is 25.6. The fraction of sp³-hybridized carbons (Fsp3) is 0.579. The molecule has 8 nitrogen and oxygen atoms in total. The third kappa shape index (κ3) is 5.33. The summed E-state index contributed by atoms with van der Waals surface area (Å²) in [6.07, 6.45) is -0.0625. The van der Waals surface area contributed by atoms with Crippen LogP contribution >= 0.6 is 0 Å². The van der Waals surface area contributed by atoms with E-state index in [1.807, 2.05) is 13.8 Å². The Kier molecular flexibility index (Phi) is 7.44. The lowest BCUT2D eigenvalue weighted by atomic mass is 10.0. The van der Waals surface area contributed by atoms with E-state index < -0.39 is 24.3 Å². The van der Waals surface area contributed by atoms with E-state index in [0.717, 1.165) is 0 Å². The molecule has 0 aromatic heterocycles. The van der Waals surface area contributed by atoms with Crippen molar-refractivity contribution < 1.29 is 28.9 Å². The first-order chi connectivity index (χ1) is 12.9. The van der Waals surface area contributed by atoms with Gasteiger partial charge in [-0.25, -0.2) is 0 Å². The van der Waals surface area contributed by atoms with Gasteiger partial charge in [0.2, 0.25) is 5.91 Å². The zero-order valence-electron chi connectivity index (χ0n) is 16.2. The Morgan fingerprint density at radius 3 is 2.37 bits per heavy atom. The van der Waals surface area contributed by atoms with E-state index in [-0.39, 0.29) is 17.4 Å². The highest BCUT2D eigenvalue weighted by atomic mass is 16.6. The first-order valence-corrected chi connectivity index (χ1v) is 8.99. The first-order valence-electron chi connectivity index (χ1n) is 8.99. The van der Waals surface area contributed by atoms with Crippen molar-refractivity contribution in [3.63, 3.8) is 0 Å². The van der Waals surface area contributed by atoms with Crippen LogP contribution in [0.1, 0.15) is 37.0 Å². The molecular weight excluding hydrogens is 352 g/mol. The third-order valence-electron chi connectivity index (χ3n) is 4.37. The summed E-state index contributed by atoms with van der Waals surface area (Å²) in [5.41, 5.74) is 0.230. The van der Waals surface area contributed by atoms with Crippen molar-refractivity contribution in [2.24, 2.45) is 5.92 Å². The van der Waals surface area contributed by atoms with Crippen molar-refractivity contribution in [2.75, 3.05) is 20.8 Å². The van der Waals surface area contributed by atoms with Crippen LogP contribution in [-0.2, 0) is 9.53 Å². The minimum Gasteiger partial charge on any atom is -0.496 e. The second kappa shape index (κ2) is 9.57. The smallest absolute Gasteiger partial charge is 0.259 e. The lowest BCUT2D eigenvalue weighted by Gasteiger charge is -2.24. The molecule has 2 amide bonds. The van der Waals surface area contributed by atoms with Crippen molar-refractivity contribution in [3.8, 4) is 11.5 Å². The van der Waals surface area contributed by atoms with Gasteiger partial charge in [-0.2, -0.15) is 0 Å². The van der Waals surface area contributed by atoms with Gasteiger partial charge < -0.3 is 30.0 Å². The number of hydrogen-bond donors (Lipinski definition) is 3. The predicted octanol–water partition coefficient (Wildman–Crippen LogP) is 1.07. The SMILES string of the molecule is COc1cccc(OC)c1C(=O)NC(CC(C)C)C(=O)NC1CCOC1O. The van der Waals surface area contributed by atoms with Crippen LogP contribution < -0.4 is 20.1 Å². The van der Waals surface area contributed by atoms with Gasteiger partial charge in [0, 0.05) is 0 Å². The van der Waals surface area contributed by atoms with Crippen LogP contribution in [0.15, 0.2) is 18.2 Å². The Balaban J connectivity index is 2.18. The molecule has 1 fully saturated rings. The monoisotopic (exact) mass is 380 g/mol. The summed E-state index contributed by atoms with van der Waals surface area (Å²) in [6.45, 7) is 4.30. The number of aliphatic hydroxyl groups is 1. The molecule has 1 aliphatic rings. The van der Waals surface area contributed by atoms with Crippen molar-refractivity contribution in [3.05, 3.63) is 23.8 Å². The minimum absolute atomic E-state index is 0.172. The summed E-state index contributed by atoms with van der Waals surface area (Å²) in [7, 11) is 2.93. The lowest BCUT2D eigenvalue weighted by Crippen LogP contribution is -2.51. The molecule has 3 atom stereocenters. The Bertz CT molecular complexity index is 641. The molecule has 0 radical (unpaired) electrons. The van der Waals surface area contributed by atoms with Crippen LogP contribution in [0.5, 0.6) is 11.5 Å². The van der Waals surface area contributed by atoms with Gasteiger partial charge >= 0.3 is 0 Å². The largest absolute Gasteiger partial charge is 0.496 e. The normalized spacial score (nSPS) is 20.2. The molecule has 2 rings (SSSR count). The number of benzene rings is 1. The highest BCUT2D eigenvalue weighted by Crippen LogP contribution is 2.28. The van der Waals surface area contributed by atoms with Crippen molar-refractivity contribution in [1.29, 1.82) is 0 Å². The molecule has 1 heterocycles. The summed E-state index contributed by atoms with van der Waals surface area (Å²) < 4.78 is 15.6. The number of carbonyl (C=O) groups excluding carboxylic acids is 2. The summed E-state index contributed by atoms with van der Waals surface area (Å²) in [6, 6.07) is 3.78. The number of methoxy groups -OCH3 is 2. The van der Waals surface area contributed by atoms with E-state index in [1.165, 1.54) is 14.2 Å². The molecule has 0 aliphatic carbocycles. The van der Waals surface area contributed by atoms with E-state index in [4.69, 9.17) is 14.2 Å². The highest BCUT2D eigenvalue weighted by Gasteiger charge is 2.32. The standard InChI is InChI=1S/C19H28N2O6/c1-11(2)10-13(17(22)20-12-8-9-27-19(12)24)21-18(23)16-14(25-3)6-5-7-15(16)26-4/h5-7,11-13,19,24H,8-10H2,1-4H3,(H,20,22)(H,21,23). The van der Waals surface area contributed by atoms with Crippen molar-refractivity contribution >= 4 is 11.8 Å². The quantitative estimate of drug-likeness (QED) is 0.623. The molecule has 3 unspecified atom stereocenters. The van der Waals surface area contributed by atoms with E-state index in [2.05, 4.69) is 10.6 Å². The summed E-state index contributed by atoms with van der Waals surface area (Å²) in [5.74, 6) is 0.0597. The molecule has 1 aliphatic heterocycles. The molecule has 27 heavy (non-hydrogen) atoms. The maximum absolute atomic E-state index is 12.9. The summed E-state index contributed by atoms with van der Waals surface area (Å²) in [5, 5.41) is 15.3.